The van der Waals surface area contributed by atoms with Crippen LogP contribution in [0.4, 0.5) is 13.2 Å². The summed E-state index contributed by atoms with van der Waals surface area (Å²) in [6.07, 6.45) is -4.64. The minimum Gasteiger partial charge on any atom is -0.481 e. The lowest BCUT2D eigenvalue weighted by molar-refractivity contribution is -0.138. The molecule has 1 amide bonds. The Morgan fingerprint density at radius 1 is 1.04 bits per heavy atom. The van der Waals surface area contributed by atoms with E-state index in [0.29, 0.717) is 0 Å². The molecule has 2 aromatic carbocycles. The number of halogens is 3. The van der Waals surface area contributed by atoms with E-state index in [9.17, 15) is 22.8 Å². The number of amides is 1. The zero-order valence-corrected chi connectivity index (χ0v) is 13.8. The van der Waals surface area contributed by atoms with Crippen LogP contribution in [-0.4, -0.2) is 17.0 Å². The lowest BCUT2D eigenvalue weighted by Crippen LogP contribution is -2.30. The van der Waals surface area contributed by atoms with Gasteiger partial charge in [-0.1, -0.05) is 48.5 Å². The molecule has 138 valence electrons. The summed E-state index contributed by atoms with van der Waals surface area (Å²) < 4.78 is 38.3. The first-order valence-corrected chi connectivity index (χ1v) is 7.98. The summed E-state index contributed by atoms with van der Waals surface area (Å²) in [6, 6.07) is 12.9. The molecule has 1 atom stereocenters. The quantitative estimate of drug-likeness (QED) is 0.780. The Labute approximate surface area is 148 Å². The summed E-state index contributed by atoms with van der Waals surface area (Å²) in [5.41, 5.74) is 0.168. The summed E-state index contributed by atoms with van der Waals surface area (Å²) in [5.74, 6) is -1.46. The summed E-state index contributed by atoms with van der Waals surface area (Å²) in [4.78, 5) is 23.1. The maximum absolute atomic E-state index is 12.8. The molecule has 0 heterocycles. The molecule has 0 saturated carbocycles. The zero-order chi connectivity index (χ0) is 19.2. The molecule has 0 aliphatic heterocycles. The van der Waals surface area contributed by atoms with Gasteiger partial charge in [-0.05, 0) is 23.6 Å². The number of nitrogens with one attached hydrogen (secondary N) is 1. The third kappa shape index (κ3) is 5.91. The maximum Gasteiger partial charge on any atom is 0.416 e. The number of carboxylic acid groups (broad SMARTS) is 1. The standard InChI is InChI=1S/C19H18F3NO3/c20-19(21,22)15-8-4-5-13(11-15)12-17(24)23-16(9-10-18(25)26)14-6-2-1-3-7-14/h1-8,11,16H,9-10,12H2,(H,23,24)(H,25,26). The molecule has 2 rings (SSSR count). The lowest BCUT2D eigenvalue weighted by Gasteiger charge is -2.19. The molecule has 7 heteroatoms. The number of benzene rings is 2. The van der Waals surface area contributed by atoms with Gasteiger partial charge in [-0.15, -0.1) is 0 Å². The largest absolute Gasteiger partial charge is 0.481 e. The lowest BCUT2D eigenvalue weighted by atomic mass is 10.0. The molecule has 2 aromatic rings. The van der Waals surface area contributed by atoms with Crippen LogP contribution in [0.5, 0.6) is 0 Å². The Balaban J connectivity index is 2.08. The van der Waals surface area contributed by atoms with Crippen LogP contribution >= 0.6 is 0 Å². The molecule has 2 N–H and O–H groups in total. The van der Waals surface area contributed by atoms with Gasteiger partial charge in [-0.3, -0.25) is 9.59 Å². The van der Waals surface area contributed by atoms with Crippen LogP contribution < -0.4 is 5.32 Å². The molecule has 0 spiro atoms. The molecule has 0 aliphatic carbocycles. The van der Waals surface area contributed by atoms with Crippen molar-refractivity contribution in [1.29, 1.82) is 0 Å². The molecule has 0 bridgehead atoms. The number of carbonyl (C=O) groups is 2. The van der Waals surface area contributed by atoms with Crippen molar-refractivity contribution in [3.63, 3.8) is 0 Å². The number of carboxylic acids is 1. The second-order valence-corrected chi connectivity index (χ2v) is 5.84. The Kier molecular flexibility index (Phi) is 6.38. The van der Waals surface area contributed by atoms with E-state index in [0.717, 1.165) is 17.7 Å². The minimum atomic E-state index is -4.47. The Morgan fingerprint density at radius 3 is 2.35 bits per heavy atom. The molecule has 26 heavy (non-hydrogen) atoms. The Morgan fingerprint density at radius 2 is 1.73 bits per heavy atom. The van der Waals surface area contributed by atoms with Gasteiger partial charge in [0.2, 0.25) is 5.91 Å². The summed E-state index contributed by atoms with van der Waals surface area (Å²) in [5, 5.41) is 11.6. The Hall–Kier alpha value is -2.83. The van der Waals surface area contributed by atoms with Gasteiger partial charge in [-0.2, -0.15) is 13.2 Å². The number of carbonyl (C=O) groups excluding carboxylic acids is 1. The van der Waals surface area contributed by atoms with E-state index in [2.05, 4.69) is 5.32 Å². The first kappa shape index (κ1) is 19.5. The van der Waals surface area contributed by atoms with Crippen LogP contribution in [0.3, 0.4) is 0 Å². The molecule has 0 aliphatic rings. The third-order valence-corrected chi connectivity index (χ3v) is 3.80. The van der Waals surface area contributed by atoms with E-state index in [1.165, 1.54) is 12.1 Å². The normalized spacial score (nSPS) is 12.4. The average molecular weight is 365 g/mol. The number of rotatable bonds is 7. The highest BCUT2D eigenvalue weighted by Crippen LogP contribution is 2.29. The van der Waals surface area contributed by atoms with Gasteiger partial charge in [0.05, 0.1) is 18.0 Å². The summed E-state index contributed by atoms with van der Waals surface area (Å²) >= 11 is 0. The average Bonchev–Trinajstić information content (AvgIpc) is 2.58. The molecule has 4 nitrogen and oxygen atoms in total. The van der Waals surface area contributed by atoms with E-state index >= 15 is 0 Å². The van der Waals surface area contributed by atoms with E-state index in [1.54, 1.807) is 30.3 Å². The van der Waals surface area contributed by atoms with Gasteiger partial charge in [0.15, 0.2) is 0 Å². The molecular formula is C19H18F3NO3. The van der Waals surface area contributed by atoms with Crippen molar-refractivity contribution >= 4 is 11.9 Å². The molecule has 0 radical (unpaired) electrons. The highest BCUT2D eigenvalue weighted by atomic mass is 19.4. The minimum absolute atomic E-state index is 0.136. The van der Waals surface area contributed by atoms with Crippen molar-refractivity contribution in [2.24, 2.45) is 0 Å². The number of hydrogen-bond acceptors (Lipinski definition) is 2. The molecule has 0 aromatic heterocycles. The second-order valence-electron chi connectivity index (χ2n) is 5.84. The fourth-order valence-electron chi connectivity index (χ4n) is 2.56. The summed E-state index contributed by atoms with van der Waals surface area (Å²) in [6.45, 7) is 0. The van der Waals surface area contributed by atoms with Gasteiger partial charge < -0.3 is 10.4 Å². The SMILES string of the molecule is O=C(O)CCC(NC(=O)Cc1cccc(C(F)(F)F)c1)c1ccccc1. The zero-order valence-electron chi connectivity index (χ0n) is 13.8. The van der Waals surface area contributed by atoms with E-state index in [-0.39, 0.29) is 24.8 Å². The molecule has 0 saturated heterocycles. The predicted molar refractivity (Wildman–Crippen MR) is 89.3 cm³/mol. The van der Waals surface area contributed by atoms with Crippen LogP contribution in [0, 0.1) is 0 Å². The molecular weight excluding hydrogens is 347 g/mol. The van der Waals surface area contributed by atoms with Crippen molar-refractivity contribution in [3.8, 4) is 0 Å². The highest BCUT2D eigenvalue weighted by molar-refractivity contribution is 5.79. The molecule has 1 unspecified atom stereocenters. The van der Waals surface area contributed by atoms with Gasteiger partial charge >= 0.3 is 12.1 Å². The van der Waals surface area contributed by atoms with Gasteiger partial charge in [0.25, 0.3) is 0 Å². The van der Waals surface area contributed by atoms with Gasteiger partial charge in [0, 0.05) is 6.42 Å². The van der Waals surface area contributed by atoms with Crippen LogP contribution in [0.2, 0.25) is 0 Å². The monoisotopic (exact) mass is 365 g/mol. The van der Waals surface area contributed by atoms with E-state index in [1.807, 2.05) is 0 Å². The molecule has 0 fully saturated rings. The third-order valence-electron chi connectivity index (χ3n) is 3.80. The fourth-order valence-corrected chi connectivity index (χ4v) is 2.56. The second kappa shape index (κ2) is 8.51. The van der Waals surface area contributed by atoms with Crippen LogP contribution in [-0.2, 0) is 22.2 Å². The van der Waals surface area contributed by atoms with E-state index < -0.39 is 29.7 Å². The number of aliphatic carboxylic acids is 1. The highest BCUT2D eigenvalue weighted by Gasteiger charge is 2.30. The van der Waals surface area contributed by atoms with Crippen LogP contribution in [0.1, 0.15) is 35.6 Å². The summed E-state index contributed by atoms with van der Waals surface area (Å²) in [7, 11) is 0. The predicted octanol–water partition coefficient (Wildman–Crippen LogP) is 3.97. The number of hydrogen-bond donors (Lipinski definition) is 2. The smallest absolute Gasteiger partial charge is 0.416 e. The first-order chi connectivity index (χ1) is 12.3. The van der Waals surface area contributed by atoms with Crippen molar-refractivity contribution < 1.29 is 27.9 Å². The van der Waals surface area contributed by atoms with Gasteiger partial charge in [0.1, 0.15) is 0 Å². The first-order valence-electron chi connectivity index (χ1n) is 7.98. The van der Waals surface area contributed by atoms with Crippen LogP contribution in [0.25, 0.3) is 0 Å². The Bertz CT molecular complexity index is 760. The van der Waals surface area contributed by atoms with E-state index in [4.69, 9.17) is 5.11 Å². The van der Waals surface area contributed by atoms with Crippen molar-refractivity contribution in [3.05, 3.63) is 71.3 Å². The van der Waals surface area contributed by atoms with Crippen LogP contribution in [0.15, 0.2) is 54.6 Å². The van der Waals surface area contributed by atoms with Crippen molar-refractivity contribution in [1.82, 2.24) is 5.32 Å². The maximum atomic E-state index is 12.8. The fraction of sp³-hybridized carbons (Fsp3) is 0.263. The van der Waals surface area contributed by atoms with Crippen molar-refractivity contribution in [2.75, 3.05) is 0 Å². The van der Waals surface area contributed by atoms with Crippen molar-refractivity contribution in [2.45, 2.75) is 31.5 Å². The number of alkyl halides is 3. The van der Waals surface area contributed by atoms with Gasteiger partial charge in [-0.25, -0.2) is 0 Å². The topological polar surface area (TPSA) is 66.4 Å².